The zero-order chi connectivity index (χ0) is 16.1. The zero-order valence-electron chi connectivity index (χ0n) is 14.4. The Hall–Kier alpha value is -1.55. The van der Waals surface area contributed by atoms with Gasteiger partial charge in [0.05, 0.1) is 6.10 Å². The molecule has 1 aromatic carbocycles. The quantitative estimate of drug-likeness (QED) is 0.685. The summed E-state index contributed by atoms with van der Waals surface area (Å²) in [6, 6.07) is 10.4. The number of ether oxygens (including phenoxy) is 1. The minimum absolute atomic E-state index is 0.0518. The molecular formula is C19H29N3O. The Morgan fingerprint density at radius 1 is 1.26 bits per heavy atom. The van der Waals surface area contributed by atoms with Crippen LogP contribution in [0.3, 0.4) is 0 Å². The number of nitrogens with zero attached hydrogens (tertiary/aromatic N) is 2. The molecule has 1 saturated heterocycles. The second kappa shape index (κ2) is 7.35. The normalized spacial score (nSPS) is 21.8. The van der Waals surface area contributed by atoms with Gasteiger partial charge in [-0.1, -0.05) is 43.2 Å². The van der Waals surface area contributed by atoms with Gasteiger partial charge in [-0.05, 0) is 30.2 Å². The molecule has 1 heterocycles. The standard InChI is InChI=1S/C19H29N3O/c1-20-18(22-13-12-19(15-22)10-6-7-11-19)21-14-17(23-2)16-8-4-3-5-9-16/h3-5,8-9,17H,6-7,10-15H2,1-2H3,(H,20,21). The fourth-order valence-corrected chi connectivity index (χ4v) is 4.17. The van der Waals surface area contributed by atoms with Crippen LogP contribution < -0.4 is 5.32 Å². The summed E-state index contributed by atoms with van der Waals surface area (Å²) in [6.45, 7) is 3.04. The number of benzene rings is 1. The van der Waals surface area contributed by atoms with Crippen molar-refractivity contribution in [3.05, 3.63) is 35.9 Å². The Bertz CT molecular complexity index is 523. The predicted octanol–water partition coefficient (Wildman–Crippen LogP) is 3.22. The van der Waals surface area contributed by atoms with Crippen LogP contribution in [-0.4, -0.2) is 44.7 Å². The van der Waals surface area contributed by atoms with E-state index in [1.165, 1.54) is 37.7 Å². The van der Waals surface area contributed by atoms with Crippen LogP contribution in [0.4, 0.5) is 0 Å². The molecular weight excluding hydrogens is 286 g/mol. The first kappa shape index (κ1) is 16.3. The summed E-state index contributed by atoms with van der Waals surface area (Å²) in [7, 11) is 3.65. The molecule has 0 bridgehead atoms. The van der Waals surface area contributed by atoms with Crippen molar-refractivity contribution in [1.29, 1.82) is 0 Å². The van der Waals surface area contributed by atoms with Gasteiger partial charge in [-0.15, -0.1) is 0 Å². The van der Waals surface area contributed by atoms with Crippen molar-refractivity contribution in [2.45, 2.75) is 38.2 Å². The Labute approximate surface area is 139 Å². The minimum atomic E-state index is 0.0518. The third-order valence-corrected chi connectivity index (χ3v) is 5.52. The average molecular weight is 315 g/mol. The number of likely N-dealkylation sites (tertiary alicyclic amines) is 1. The van der Waals surface area contributed by atoms with Crippen LogP contribution in [0.25, 0.3) is 0 Å². The number of guanidine groups is 1. The molecule has 1 aromatic rings. The summed E-state index contributed by atoms with van der Waals surface area (Å²) in [6.07, 6.45) is 6.96. The highest BCUT2D eigenvalue weighted by atomic mass is 16.5. The van der Waals surface area contributed by atoms with E-state index in [0.717, 1.165) is 25.6 Å². The second-order valence-electron chi connectivity index (χ2n) is 6.94. The van der Waals surface area contributed by atoms with Crippen molar-refractivity contribution in [2.75, 3.05) is 33.8 Å². The lowest BCUT2D eigenvalue weighted by atomic mass is 9.86. The maximum atomic E-state index is 5.65. The highest BCUT2D eigenvalue weighted by molar-refractivity contribution is 5.80. The summed E-state index contributed by atoms with van der Waals surface area (Å²) in [5, 5.41) is 3.52. The molecule has 0 amide bonds. The first-order valence-electron chi connectivity index (χ1n) is 8.80. The highest BCUT2D eigenvalue weighted by Gasteiger charge is 2.41. The third-order valence-electron chi connectivity index (χ3n) is 5.52. The molecule has 4 nitrogen and oxygen atoms in total. The molecule has 0 aromatic heterocycles. The maximum absolute atomic E-state index is 5.65. The maximum Gasteiger partial charge on any atom is 0.193 e. The van der Waals surface area contributed by atoms with E-state index in [4.69, 9.17) is 4.74 Å². The van der Waals surface area contributed by atoms with Crippen molar-refractivity contribution in [2.24, 2.45) is 10.4 Å². The molecule has 1 spiro atoms. The Kier molecular flexibility index (Phi) is 5.21. The van der Waals surface area contributed by atoms with Gasteiger partial charge < -0.3 is 15.0 Å². The number of hydrogen-bond acceptors (Lipinski definition) is 2. The SMILES string of the molecule is CN=C(NCC(OC)c1ccccc1)N1CCC2(CCCC2)C1. The van der Waals surface area contributed by atoms with Crippen molar-refractivity contribution in [3.63, 3.8) is 0 Å². The van der Waals surface area contributed by atoms with Crippen LogP contribution >= 0.6 is 0 Å². The molecule has 1 aliphatic heterocycles. The van der Waals surface area contributed by atoms with E-state index in [1.54, 1.807) is 7.11 Å². The van der Waals surface area contributed by atoms with Gasteiger partial charge in [0.25, 0.3) is 0 Å². The van der Waals surface area contributed by atoms with Gasteiger partial charge >= 0.3 is 0 Å². The van der Waals surface area contributed by atoms with E-state index in [9.17, 15) is 0 Å². The van der Waals surface area contributed by atoms with Crippen molar-refractivity contribution in [1.82, 2.24) is 10.2 Å². The molecule has 126 valence electrons. The van der Waals surface area contributed by atoms with Crippen LogP contribution in [0.2, 0.25) is 0 Å². The summed E-state index contributed by atoms with van der Waals surface area (Å²) in [5.41, 5.74) is 1.77. The topological polar surface area (TPSA) is 36.9 Å². The molecule has 2 fully saturated rings. The second-order valence-corrected chi connectivity index (χ2v) is 6.94. The molecule has 4 heteroatoms. The van der Waals surface area contributed by atoms with E-state index < -0.39 is 0 Å². The monoisotopic (exact) mass is 315 g/mol. The highest BCUT2D eigenvalue weighted by Crippen LogP contribution is 2.45. The van der Waals surface area contributed by atoms with Gasteiger partial charge in [0, 0.05) is 33.8 Å². The summed E-state index contributed by atoms with van der Waals surface area (Å²) in [4.78, 5) is 6.93. The Morgan fingerprint density at radius 3 is 2.65 bits per heavy atom. The van der Waals surface area contributed by atoms with Crippen LogP contribution in [0, 0.1) is 5.41 Å². The van der Waals surface area contributed by atoms with E-state index in [-0.39, 0.29) is 6.10 Å². The first-order chi connectivity index (χ1) is 11.3. The molecule has 3 rings (SSSR count). The zero-order valence-corrected chi connectivity index (χ0v) is 14.4. The van der Waals surface area contributed by atoms with Crippen LogP contribution in [0.15, 0.2) is 35.3 Å². The Balaban J connectivity index is 1.57. The van der Waals surface area contributed by atoms with Crippen LogP contribution in [-0.2, 0) is 4.74 Å². The smallest absolute Gasteiger partial charge is 0.193 e. The molecule has 0 radical (unpaired) electrons. The van der Waals surface area contributed by atoms with Crippen molar-refractivity contribution < 1.29 is 4.74 Å². The van der Waals surface area contributed by atoms with Crippen molar-refractivity contribution in [3.8, 4) is 0 Å². The van der Waals surface area contributed by atoms with Gasteiger partial charge in [-0.2, -0.15) is 0 Å². The molecule has 1 atom stereocenters. The van der Waals surface area contributed by atoms with Gasteiger partial charge in [0.2, 0.25) is 0 Å². The molecule has 1 saturated carbocycles. The summed E-state index contributed by atoms with van der Waals surface area (Å²) in [5.74, 6) is 1.02. The largest absolute Gasteiger partial charge is 0.375 e. The molecule has 2 aliphatic rings. The van der Waals surface area contributed by atoms with Gasteiger partial charge in [-0.3, -0.25) is 4.99 Å². The lowest BCUT2D eigenvalue weighted by molar-refractivity contribution is 0.106. The van der Waals surface area contributed by atoms with Gasteiger partial charge in [0.15, 0.2) is 5.96 Å². The lowest BCUT2D eigenvalue weighted by Gasteiger charge is -2.27. The molecule has 1 aliphatic carbocycles. The fourth-order valence-electron chi connectivity index (χ4n) is 4.17. The summed E-state index contributed by atoms with van der Waals surface area (Å²) < 4.78 is 5.65. The number of aliphatic imine (C=N–C) groups is 1. The van der Waals surface area contributed by atoms with E-state index >= 15 is 0 Å². The van der Waals surface area contributed by atoms with E-state index in [0.29, 0.717) is 5.41 Å². The molecule has 1 N–H and O–H groups in total. The number of hydrogen-bond donors (Lipinski definition) is 1. The summed E-state index contributed by atoms with van der Waals surface area (Å²) >= 11 is 0. The van der Waals surface area contributed by atoms with Crippen LogP contribution in [0.1, 0.15) is 43.8 Å². The van der Waals surface area contributed by atoms with E-state index in [1.807, 2.05) is 13.1 Å². The first-order valence-corrected chi connectivity index (χ1v) is 8.80. The van der Waals surface area contributed by atoms with E-state index in [2.05, 4.69) is 39.5 Å². The Morgan fingerprint density at radius 2 is 2.00 bits per heavy atom. The minimum Gasteiger partial charge on any atom is -0.375 e. The third kappa shape index (κ3) is 3.69. The van der Waals surface area contributed by atoms with Crippen molar-refractivity contribution >= 4 is 5.96 Å². The average Bonchev–Trinajstić information content (AvgIpc) is 3.23. The number of methoxy groups -OCH3 is 1. The molecule has 1 unspecified atom stereocenters. The fraction of sp³-hybridized carbons (Fsp3) is 0.632. The van der Waals surface area contributed by atoms with Crippen LogP contribution in [0.5, 0.6) is 0 Å². The number of nitrogens with one attached hydrogen (secondary N) is 1. The van der Waals surface area contributed by atoms with Gasteiger partial charge in [0.1, 0.15) is 0 Å². The molecule has 23 heavy (non-hydrogen) atoms. The lowest BCUT2D eigenvalue weighted by Crippen LogP contribution is -2.42. The number of rotatable bonds is 4. The predicted molar refractivity (Wildman–Crippen MR) is 94.6 cm³/mol. The van der Waals surface area contributed by atoms with Gasteiger partial charge in [-0.25, -0.2) is 0 Å².